The molecule has 4 heteroatoms. The first kappa shape index (κ1) is 16.9. The van der Waals surface area contributed by atoms with Crippen LogP contribution < -0.4 is 14.8 Å². The summed E-state index contributed by atoms with van der Waals surface area (Å²) in [5.74, 6) is 1.59. The van der Waals surface area contributed by atoms with Crippen molar-refractivity contribution in [2.45, 2.75) is 19.8 Å². The molecule has 0 saturated carbocycles. The van der Waals surface area contributed by atoms with Crippen LogP contribution in [0, 0.1) is 0 Å². The van der Waals surface area contributed by atoms with Crippen molar-refractivity contribution in [1.29, 1.82) is 0 Å². The summed E-state index contributed by atoms with van der Waals surface area (Å²) in [7, 11) is 0. The van der Waals surface area contributed by atoms with Gasteiger partial charge in [0.25, 0.3) is 5.91 Å². The van der Waals surface area contributed by atoms with Crippen LogP contribution in [0.2, 0.25) is 0 Å². The SMILES string of the molecule is CCOc1ccc(OCC(=O)NCC(C)c2ccccc2)cc1. The van der Waals surface area contributed by atoms with Crippen LogP contribution in [0.25, 0.3) is 0 Å². The first-order chi connectivity index (χ1) is 11.2. The van der Waals surface area contributed by atoms with Crippen LogP contribution in [0.15, 0.2) is 54.6 Å². The molecule has 0 saturated heterocycles. The third-order valence-corrected chi connectivity index (χ3v) is 3.48. The zero-order chi connectivity index (χ0) is 16.5. The van der Waals surface area contributed by atoms with E-state index in [1.54, 1.807) is 12.1 Å². The van der Waals surface area contributed by atoms with Crippen molar-refractivity contribution >= 4 is 5.91 Å². The summed E-state index contributed by atoms with van der Waals surface area (Å²) in [4.78, 5) is 11.9. The molecule has 0 aliphatic carbocycles. The van der Waals surface area contributed by atoms with E-state index >= 15 is 0 Å². The normalized spacial score (nSPS) is 11.6. The summed E-state index contributed by atoms with van der Waals surface area (Å²) in [6.45, 7) is 5.25. The maximum atomic E-state index is 11.9. The predicted molar refractivity (Wildman–Crippen MR) is 91.0 cm³/mol. The van der Waals surface area contributed by atoms with Crippen LogP contribution in [-0.4, -0.2) is 25.7 Å². The van der Waals surface area contributed by atoms with Crippen LogP contribution in [0.5, 0.6) is 11.5 Å². The molecular weight excluding hydrogens is 290 g/mol. The molecule has 0 aliphatic rings. The lowest BCUT2D eigenvalue weighted by Crippen LogP contribution is -2.31. The lowest BCUT2D eigenvalue weighted by molar-refractivity contribution is -0.123. The molecule has 0 radical (unpaired) electrons. The quantitative estimate of drug-likeness (QED) is 0.812. The number of rotatable bonds is 8. The van der Waals surface area contributed by atoms with Crippen molar-refractivity contribution in [3.05, 3.63) is 60.2 Å². The number of benzene rings is 2. The largest absolute Gasteiger partial charge is 0.494 e. The first-order valence-corrected chi connectivity index (χ1v) is 7.86. The molecule has 0 aliphatic heterocycles. The molecule has 1 unspecified atom stereocenters. The molecule has 122 valence electrons. The Bertz CT molecular complexity index is 596. The number of ether oxygens (including phenoxy) is 2. The molecule has 0 aromatic heterocycles. The van der Waals surface area contributed by atoms with Gasteiger partial charge in [-0.15, -0.1) is 0 Å². The lowest BCUT2D eigenvalue weighted by atomic mass is 10.0. The molecule has 0 fully saturated rings. The van der Waals surface area contributed by atoms with E-state index in [9.17, 15) is 4.79 Å². The molecule has 2 rings (SSSR count). The number of nitrogens with one attached hydrogen (secondary N) is 1. The fraction of sp³-hybridized carbons (Fsp3) is 0.316. The second kappa shape index (κ2) is 8.83. The third kappa shape index (κ3) is 5.66. The van der Waals surface area contributed by atoms with E-state index in [-0.39, 0.29) is 18.4 Å². The van der Waals surface area contributed by atoms with Gasteiger partial charge in [-0.1, -0.05) is 37.3 Å². The molecular formula is C19H23NO3. The monoisotopic (exact) mass is 313 g/mol. The van der Waals surface area contributed by atoms with E-state index in [1.165, 1.54) is 5.56 Å². The maximum absolute atomic E-state index is 11.9. The molecule has 4 nitrogen and oxygen atoms in total. The maximum Gasteiger partial charge on any atom is 0.257 e. The summed E-state index contributed by atoms with van der Waals surface area (Å²) < 4.78 is 10.8. The van der Waals surface area contributed by atoms with Crippen LogP contribution >= 0.6 is 0 Å². The molecule has 23 heavy (non-hydrogen) atoms. The van der Waals surface area contributed by atoms with E-state index in [0.29, 0.717) is 18.9 Å². The van der Waals surface area contributed by atoms with Gasteiger partial charge in [0.05, 0.1) is 6.61 Å². The summed E-state index contributed by atoms with van der Waals surface area (Å²) in [6, 6.07) is 17.4. The van der Waals surface area contributed by atoms with Crippen LogP contribution in [0.1, 0.15) is 25.3 Å². The van der Waals surface area contributed by atoms with Gasteiger partial charge in [-0.3, -0.25) is 4.79 Å². The topological polar surface area (TPSA) is 47.6 Å². The van der Waals surface area contributed by atoms with E-state index in [1.807, 2.05) is 37.3 Å². The minimum absolute atomic E-state index is 0.00942. The van der Waals surface area contributed by atoms with Gasteiger partial charge in [0.2, 0.25) is 0 Å². The van der Waals surface area contributed by atoms with Crippen molar-refractivity contribution in [2.75, 3.05) is 19.8 Å². The number of amides is 1. The molecule has 0 heterocycles. The standard InChI is InChI=1S/C19H23NO3/c1-3-22-17-9-11-18(12-10-17)23-14-19(21)20-13-15(2)16-7-5-4-6-8-16/h4-12,15H,3,13-14H2,1-2H3,(H,20,21). The molecule has 1 N–H and O–H groups in total. The Morgan fingerprint density at radius 3 is 2.22 bits per heavy atom. The third-order valence-electron chi connectivity index (χ3n) is 3.48. The highest BCUT2D eigenvalue weighted by molar-refractivity contribution is 5.77. The highest BCUT2D eigenvalue weighted by atomic mass is 16.5. The fourth-order valence-electron chi connectivity index (χ4n) is 2.17. The highest BCUT2D eigenvalue weighted by Crippen LogP contribution is 2.17. The van der Waals surface area contributed by atoms with Crippen molar-refractivity contribution in [3.63, 3.8) is 0 Å². The lowest BCUT2D eigenvalue weighted by Gasteiger charge is -2.13. The summed E-state index contributed by atoms with van der Waals surface area (Å²) in [5.41, 5.74) is 1.21. The Morgan fingerprint density at radius 2 is 1.61 bits per heavy atom. The zero-order valence-corrected chi connectivity index (χ0v) is 13.6. The van der Waals surface area contributed by atoms with Crippen molar-refractivity contribution in [1.82, 2.24) is 5.32 Å². The van der Waals surface area contributed by atoms with Crippen LogP contribution in [0.3, 0.4) is 0 Å². The Morgan fingerprint density at radius 1 is 1.00 bits per heavy atom. The van der Waals surface area contributed by atoms with E-state index in [2.05, 4.69) is 24.4 Å². The molecule has 1 amide bonds. The smallest absolute Gasteiger partial charge is 0.257 e. The van der Waals surface area contributed by atoms with Gasteiger partial charge in [0, 0.05) is 6.54 Å². The second-order valence-corrected chi connectivity index (χ2v) is 5.31. The Balaban J connectivity index is 1.72. The Labute approximate surface area is 137 Å². The minimum Gasteiger partial charge on any atom is -0.494 e. The number of hydrogen-bond donors (Lipinski definition) is 1. The van der Waals surface area contributed by atoms with Crippen molar-refractivity contribution < 1.29 is 14.3 Å². The Hall–Kier alpha value is -2.49. The van der Waals surface area contributed by atoms with Gasteiger partial charge < -0.3 is 14.8 Å². The fourth-order valence-corrected chi connectivity index (χ4v) is 2.17. The van der Waals surface area contributed by atoms with Gasteiger partial charge in [0.15, 0.2) is 6.61 Å². The van der Waals surface area contributed by atoms with Crippen LogP contribution in [-0.2, 0) is 4.79 Å². The van der Waals surface area contributed by atoms with Gasteiger partial charge in [0.1, 0.15) is 11.5 Å². The van der Waals surface area contributed by atoms with Crippen molar-refractivity contribution in [2.24, 2.45) is 0 Å². The molecule has 2 aromatic carbocycles. The van der Waals surface area contributed by atoms with E-state index in [0.717, 1.165) is 5.75 Å². The van der Waals surface area contributed by atoms with Gasteiger partial charge in [-0.05, 0) is 42.7 Å². The zero-order valence-electron chi connectivity index (χ0n) is 13.6. The van der Waals surface area contributed by atoms with Gasteiger partial charge >= 0.3 is 0 Å². The summed E-state index contributed by atoms with van der Waals surface area (Å²) in [5, 5.41) is 2.89. The Kier molecular flexibility index (Phi) is 6.48. The van der Waals surface area contributed by atoms with E-state index < -0.39 is 0 Å². The average Bonchev–Trinajstić information content (AvgIpc) is 2.60. The number of carbonyl (C=O) groups excluding carboxylic acids is 1. The van der Waals surface area contributed by atoms with Crippen LogP contribution in [0.4, 0.5) is 0 Å². The average molecular weight is 313 g/mol. The predicted octanol–water partition coefficient (Wildman–Crippen LogP) is 3.38. The molecule has 0 spiro atoms. The molecule has 1 atom stereocenters. The molecule has 0 bridgehead atoms. The minimum atomic E-state index is -0.123. The number of hydrogen-bond acceptors (Lipinski definition) is 3. The van der Waals surface area contributed by atoms with Gasteiger partial charge in [-0.25, -0.2) is 0 Å². The number of carbonyl (C=O) groups is 1. The van der Waals surface area contributed by atoms with E-state index in [4.69, 9.17) is 9.47 Å². The summed E-state index contributed by atoms with van der Waals surface area (Å²) in [6.07, 6.45) is 0. The second-order valence-electron chi connectivity index (χ2n) is 5.31. The summed E-state index contributed by atoms with van der Waals surface area (Å²) >= 11 is 0. The molecule has 2 aromatic rings. The van der Waals surface area contributed by atoms with Crippen molar-refractivity contribution in [3.8, 4) is 11.5 Å². The van der Waals surface area contributed by atoms with Gasteiger partial charge in [-0.2, -0.15) is 0 Å². The highest BCUT2D eigenvalue weighted by Gasteiger charge is 2.08. The first-order valence-electron chi connectivity index (χ1n) is 7.86.